The molecule has 0 aliphatic rings. The Morgan fingerprint density at radius 1 is 1.15 bits per heavy atom. The molecule has 3 amide bonds. The lowest BCUT2D eigenvalue weighted by molar-refractivity contribution is 0.100. The molecule has 0 spiro atoms. The standard InChI is InChI=1S/C18H17N3O4S/c1-9-3-6-13(25-2)12(7-9)20-18(24)21-17-15(16(19)23)11-5-4-10(22)8-14(11)26-17/h3-8,22H,1-2H3,(H2,19,23)(H2,20,21,24). The SMILES string of the molecule is COc1ccc(C)cc1NC(=O)Nc1sc2cc(O)ccc2c1C(N)=O. The van der Waals surface area contributed by atoms with E-state index in [0.717, 1.165) is 16.9 Å². The summed E-state index contributed by atoms with van der Waals surface area (Å²) in [6, 6.07) is 9.42. The Morgan fingerprint density at radius 3 is 2.62 bits per heavy atom. The molecule has 0 aliphatic carbocycles. The molecular formula is C18H17N3O4S. The number of thiophene rings is 1. The van der Waals surface area contributed by atoms with Crippen LogP contribution in [0.3, 0.4) is 0 Å². The fourth-order valence-electron chi connectivity index (χ4n) is 2.59. The summed E-state index contributed by atoms with van der Waals surface area (Å²) < 4.78 is 5.87. The number of carbonyl (C=O) groups is 2. The molecule has 8 heteroatoms. The molecule has 1 heterocycles. The van der Waals surface area contributed by atoms with Crippen molar-refractivity contribution in [3.63, 3.8) is 0 Å². The molecule has 0 radical (unpaired) electrons. The predicted octanol–water partition coefficient (Wildman–Crippen LogP) is 3.67. The number of nitrogens with two attached hydrogens (primary N) is 1. The Bertz CT molecular complexity index is 1010. The van der Waals surface area contributed by atoms with Gasteiger partial charge in [-0.15, -0.1) is 11.3 Å². The fourth-order valence-corrected chi connectivity index (χ4v) is 3.73. The number of aryl methyl sites for hydroxylation is 1. The summed E-state index contributed by atoms with van der Waals surface area (Å²) in [5.74, 6) is -0.0808. The van der Waals surface area contributed by atoms with Crippen molar-refractivity contribution in [2.75, 3.05) is 17.7 Å². The highest BCUT2D eigenvalue weighted by Gasteiger charge is 2.19. The first-order chi connectivity index (χ1) is 12.4. The number of methoxy groups -OCH3 is 1. The largest absolute Gasteiger partial charge is 0.508 e. The van der Waals surface area contributed by atoms with Crippen LogP contribution >= 0.6 is 11.3 Å². The summed E-state index contributed by atoms with van der Waals surface area (Å²) in [4.78, 5) is 24.2. The van der Waals surface area contributed by atoms with Crippen molar-refractivity contribution in [3.05, 3.63) is 47.5 Å². The van der Waals surface area contributed by atoms with E-state index in [9.17, 15) is 14.7 Å². The van der Waals surface area contributed by atoms with E-state index in [0.29, 0.717) is 26.5 Å². The zero-order valence-electron chi connectivity index (χ0n) is 14.1. The van der Waals surface area contributed by atoms with Crippen LogP contribution in [0.25, 0.3) is 10.1 Å². The summed E-state index contributed by atoms with van der Waals surface area (Å²) >= 11 is 1.15. The van der Waals surface area contributed by atoms with Gasteiger partial charge in [0.15, 0.2) is 0 Å². The van der Waals surface area contributed by atoms with E-state index in [1.54, 1.807) is 18.2 Å². The van der Waals surface area contributed by atoms with Gasteiger partial charge in [-0.05, 0) is 42.8 Å². The Balaban J connectivity index is 1.91. The molecule has 5 N–H and O–H groups in total. The number of phenols is 1. The number of amides is 3. The number of nitrogens with one attached hydrogen (secondary N) is 2. The van der Waals surface area contributed by atoms with Gasteiger partial charge >= 0.3 is 6.03 Å². The van der Waals surface area contributed by atoms with Crippen LogP contribution in [-0.4, -0.2) is 24.2 Å². The van der Waals surface area contributed by atoms with Gasteiger partial charge in [0.25, 0.3) is 5.91 Å². The normalized spacial score (nSPS) is 10.5. The molecule has 0 fully saturated rings. The second-order valence-electron chi connectivity index (χ2n) is 5.63. The topological polar surface area (TPSA) is 114 Å². The summed E-state index contributed by atoms with van der Waals surface area (Å²) in [6.45, 7) is 1.90. The lowest BCUT2D eigenvalue weighted by atomic mass is 10.1. The fraction of sp³-hybridized carbons (Fsp3) is 0.111. The van der Waals surface area contributed by atoms with Crippen LogP contribution in [-0.2, 0) is 0 Å². The molecule has 0 atom stereocenters. The summed E-state index contributed by atoms with van der Waals surface area (Å²) in [6.07, 6.45) is 0. The number of phenolic OH excluding ortho intramolecular Hbond substituents is 1. The number of urea groups is 1. The second-order valence-corrected chi connectivity index (χ2v) is 6.69. The third kappa shape index (κ3) is 3.40. The predicted molar refractivity (Wildman–Crippen MR) is 102 cm³/mol. The van der Waals surface area contributed by atoms with Crippen molar-refractivity contribution in [2.24, 2.45) is 5.73 Å². The van der Waals surface area contributed by atoms with Crippen LogP contribution in [0.2, 0.25) is 0 Å². The van der Waals surface area contributed by atoms with Gasteiger partial charge in [-0.3, -0.25) is 10.1 Å². The number of benzene rings is 2. The first-order valence-corrected chi connectivity index (χ1v) is 8.48. The smallest absolute Gasteiger partial charge is 0.324 e. The van der Waals surface area contributed by atoms with Crippen LogP contribution in [0.15, 0.2) is 36.4 Å². The van der Waals surface area contributed by atoms with Crippen LogP contribution in [0, 0.1) is 6.92 Å². The number of hydrogen-bond donors (Lipinski definition) is 4. The van der Waals surface area contributed by atoms with E-state index in [2.05, 4.69) is 10.6 Å². The molecule has 0 unspecified atom stereocenters. The van der Waals surface area contributed by atoms with Crippen molar-refractivity contribution >= 4 is 44.0 Å². The van der Waals surface area contributed by atoms with Gasteiger partial charge in [0, 0.05) is 10.1 Å². The number of aromatic hydroxyl groups is 1. The van der Waals surface area contributed by atoms with Crippen LogP contribution in [0.5, 0.6) is 11.5 Å². The molecule has 134 valence electrons. The maximum absolute atomic E-state index is 12.4. The van der Waals surface area contributed by atoms with Gasteiger partial charge < -0.3 is 20.9 Å². The first kappa shape index (κ1) is 17.6. The molecule has 7 nitrogen and oxygen atoms in total. The van der Waals surface area contributed by atoms with E-state index < -0.39 is 11.9 Å². The Kier molecular flexibility index (Phi) is 4.68. The quantitative estimate of drug-likeness (QED) is 0.560. The van der Waals surface area contributed by atoms with Gasteiger partial charge in [0.05, 0.1) is 18.4 Å². The van der Waals surface area contributed by atoms with E-state index in [4.69, 9.17) is 10.5 Å². The minimum Gasteiger partial charge on any atom is -0.508 e. The van der Waals surface area contributed by atoms with Crippen molar-refractivity contribution in [1.29, 1.82) is 0 Å². The Labute approximate surface area is 153 Å². The minimum atomic E-state index is -0.662. The zero-order valence-corrected chi connectivity index (χ0v) is 14.9. The number of carbonyl (C=O) groups excluding carboxylic acids is 2. The lowest BCUT2D eigenvalue weighted by Gasteiger charge is -2.11. The van der Waals surface area contributed by atoms with E-state index in [1.165, 1.54) is 19.2 Å². The second kappa shape index (κ2) is 6.93. The molecular weight excluding hydrogens is 354 g/mol. The molecule has 26 heavy (non-hydrogen) atoms. The summed E-state index contributed by atoms with van der Waals surface area (Å²) in [7, 11) is 1.51. The molecule has 0 bridgehead atoms. The highest BCUT2D eigenvalue weighted by Crippen LogP contribution is 2.37. The number of ether oxygens (including phenoxy) is 1. The van der Waals surface area contributed by atoms with Crippen molar-refractivity contribution in [1.82, 2.24) is 0 Å². The van der Waals surface area contributed by atoms with Gasteiger partial charge in [-0.2, -0.15) is 0 Å². The first-order valence-electron chi connectivity index (χ1n) is 7.67. The third-order valence-corrected chi connectivity index (χ3v) is 4.82. The van der Waals surface area contributed by atoms with Crippen LogP contribution in [0.1, 0.15) is 15.9 Å². The van der Waals surface area contributed by atoms with Crippen molar-refractivity contribution in [2.45, 2.75) is 6.92 Å². The molecule has 1 aromatic heterocycles. The number of rotatable bonds is 4. The molecule has 3 aromatic rings. The van der Waals surface area contributed by atoms with E-state index in [-0.39, 0.29) is 11.3 Å². The molecule has 3 rings (SSSR count). The monoisotopic (exact) mass is 371 g/mol. The molecule has 0 saturated carbocycles. The Hall–Kier alpha value is -3.26. The Morgan fingerprint density at radius 2 is 1.92 bits per heavy atom. The van der Waals surface area contributed by atoms with Crippen LogP contribution in [0.4, 0.5) is 15.5 Å². The maximum atomic E-state index is 12.4. The van der Waals surface area contributed by atoms with Gasteiger partial charge in [-0.1, -0.05) is 6.07 Å². The van der Waals surface area contributed by atoms with E-state index in [1.807, 2.05) is 13.0 Å². The van der Waals surface area contributed by atoms with Gasteiger partial charge in [0.2, 0.25) is 0 Å². The zero-order chi connectivity index (χ0) is 18.8. The van der Waals surface area contributed by atoms with Crippen molar-refractivity contribution < 1.29 is 19.4 Å². The number of primary amides is 1. The highest BCUT2D eigenvalue weighted by atomic mass is 32.1. The maximum Gasteiger partial charge on any atom is 0.324 e. The van der Waals surface area contributed by atoms with E-state index >= 15 is 0 Å². The van der Waals surface area contributed by atoms with Gasteiger partial charge in [0.1, 0.15) is 16.5 Å². The number of anilines is 2. The van der Waals surface area contributed by atoms with Gasteiger partial charge in [-0.25, -0.2) is 4.79 Å². The summed E-state index contributed by atoms with van der Waals surface area (Å²) in [5.41, 5.74) is 7.13. The molecule has 0 saturated heterocycles. The van der Waals surface area contributed by atoms with Crippen LogP contribution < -0.4 is 21.1 Å². The minimum absolute atomic E-state index is 0.0651. The highest BCUT2D eigenvalue weighted by molar-refractivity contribution is 7.23. The molecule has 2 aromatic carbocycles. The van der Waals surface area contributed by atoms with Crippen molar-refractivity contribution in [3.8, 4) is 11.5 Å². The summed E-state index contributed by atoms with van der Waals surface area (Å²) in [5, 5.41) is 15.8. The number of hydrogen-bond acceptors (Lipinski definition) is 5. The number of fused-ring (bicyclic) bond motifs is 1. The average molecular weight is 371 g/mol. The lowest BCUT2D eigenvalue weighted by Crippen LogP contribution is -2.21. The average Bonchev–Trinajstić information content (AvgIpc) is 2.91. The molecule has 0 aliphatic heterocycles. The third-order valence-electron chi connectivity index (χ3n) is 3.75.